The van der Waals surface area contributed by atoms with Crippen molar-refractivity contribution in [3.63, 3.8) is 0 Å². The first-order valence-corrected chi connectivity index (χ1v) is 19.2. The van der Waals surface area contributed by atoms with Crippen molar-refractivity contribution in [2.45, 2.75) is 87.9 Å². The summed E-state index contributed by atoms with van der Waals surface area (Å²) in [6.45, 7) is 1.96. The van der Waals surface area contributed by atoms with Crippen LogP contribution in [-0.2, 0) is 16.6 Å². The molecule has 3 atom stereocenters. The van der Waals surface area contributed by atoms with Gasteiger partial charge >= 0.3 is 5.69 Å². The number of aromatic nitrogens is 6. The second-order valence-corrected chi connectivity index (χ2v) is 15.7. The van der Waals surface area contributed by atoms with Crippen molar-refractivity contribution in [3.8, 4) is 0 Å². The SMILES string of the molecule is Cn1c(=O)n(C2CCC(=O)NC2=O)c2cccc([C@@H]3CCN(CC4CCC(n5cc6cc(NC(=O)c7cncc(C8CC8)n7)ccc6n5)CC4)C[C@H]3F)c21. The zero-order chi connectivity index (χ0) is 37.1. The predicted molar refractivity (Wildman–Crippen MR) is 200 cm³/mol. The Bertz CT molecular complexity index is 2340. The van der Waals surface area contributed by atoms with Gasteiger partial charge in [0.05, 0.1) is 34.5 Å². The average molecular weight is 734 g/mol. The summed E-state index contributed by atoms with van der Waals surface area (Å²) >= 11 is 0. The molecule has 2 saturated carbocycles. The molecule has 3 amide bonds. The van der Waals surface area contributed by atoms with Crippen LogP contribution in [0.1, 0.15) is 103 Å². The Morgan fingerprint density at radius 1 is 1.00 bits per heavy atom. The number of carbonyl (C=O) groups is 3. The van der Waals surface area contributed by atoms with Crippen molar-refractivity contribution < 1.29 is 18.8 Å². The number of hydrogen-bond acceptors (Lipinski definition) is 8. The molecule has 2 saturated heterocycles. The van der Waals surface area contributed by atoms with Gasteiger partial charge in [-0.1, -0.05) is 12.1 Å². The van der Waals surface area contributed by atoms with E-state index in [1.54, 1.807) is 19.3 Å². The van der Waals surface area contributed by atoms with Crippen molar-refractivity contribution in [2.24, 2.45) is 13.0 Å². The van der Waals surface area contributed by atoms with Gasteiger partial charge in [-0.3, -0.25) is 38.5 Å². The van der Waals surface area contributed by atoms with E-state index in [9.17, 15) is 19.2 Å². The first-order chi connectivity index (χ1) is 26.2. The number of likely N-dealkylation sites (tertiary alicyclic amines) is 1. The molecular weight excluding hydrogens is 689 g/mol. The number of anilines is 1. The third-order valence-electron chi connectivity index (χ3n) is 12.0. The second kappa shape index (κ2) is 13.9. The van der Waals surface area contributed by atoms with Gasteiger partial charge in [-0.25, -0.2) is 14.2 Å². The molecule has 0 radical (unpaired) electrons. The van der Waals surface area contributed by atoms with E-state index in [1.165, 1.54) is 15.3 Å². The normalized spacial score (nSPS) is 25.3. The number of imidazole rings is 1. The molecule has 5 aromatic rings. The number of hydrogen-bond donors (Lipinski definition) is 2. The number of carbonyl (C=O) groups excluding carboxylic acids is 3. The number of amides is 3. The van der Waals surface area contributed by atoms with Gasteiger partial charge in [0.25, 0.3) is 5.91 Å². The Kier molecular flexibility index (Phi) is 8.87. The standard InChI is InChI=1S/C40H44FN9O4/c1-47-37-29(3-2-4-34(37)50(40(47)54)35-13-14-36(51)45-39(35)53)28-15-16-48(22-30(28)41)20-23-5-10-27(11-6-23)49-21-25-17-26(9-12-31(25)46-49)43-38(52)33-19-42-18-32(44-33)24-7-8-24/h2-4,9,12,17-19,21,23-24,27-28,30,35H,5-8,10-11,13-16,20,22H2,1H3,(H,43,52)(H,45,51,53)/t23?,27?,28-,30+,35?/m0/s1. The fourth-order valence-electron chi connectivity index (χ4n) is 9.01. The number of aryl methyl sites for hydroxylation is 1. The highest BCUT2D eigenvalue weighted by molar-refractivity contribution is 6.03. The summed E-state index contributed by atoms with van der Waals surface area (Å²) < 4.78 is 21.2. The van der Waals surface area contributed by atoms with Gasteiger partial charge in [0.1, 0.15) is 17.9 Å². The third-order valence-corrected chi connectivity index (χ3v) is 12.0. The number of piperidine rings is 2. The van der Waals surface area contributed by atoms with Crippen molar-refractivity contribution in [3.05, 3.63) is 82.4 Å². The zero-order valence-corrected chi connectivity index (χ0v) is 30.3. The Balaban J connectivity index is 0.808. The monoisotopic (exact) mass is 733 g/mol. The number of alkyl halides is 1. The van der Waals surface area contributed by atoms with E-state index < -0.39 is 18.1 Å². The van der Waals surface area contributed by atoms with Gasteiger partial charge in [0, 0.05) is 61.9 Å². The lowest BCUT2D eigenvalue weighted by Gasteiger charge is -2.38. The quantitative estimate of drug-likeness (QED) is 0.208. The van der Waals surface area contributed by atoms with E-state index in [0.29, 0.717) is 47.2 Å². The van der Waals surface area contributed by atoms with E-state index in [2.05, 4.69) is 36.4 Å². The molecule has 0 spiro atoms. The number of benzene rings is 2. The molecule has 13 nitrogen and oxygen atoms in total. The Hall–Kier alpha value is -5.24. The molecule has 1 unspecified atom stereocenters. The fourth-order valence-corrected chi connectivity index (χ4v) is 9.01. The van der Waals surface area contributed by atoms with E-state index in [0.717, 1.165) is 73.8 Å². The number of fused-ring (bicyclic) bond motifs is 2. The molecule has 280 valence electrons. The second-order valence-electron chi connectivity index (χ2n) is 15.7. The van der Waals surface area contributed by atoms with E-state index in [1.807, 2.05) is 30.3 Å². The summed E-state index contributed by atoms with van der Waals surface area (Å²) in [6.07, 6.45) is 11.5. The number of rotatable bonds is 8. The largest absolute Gasteiger partial charge is 0.329 e. The summed E-state index contributed by atoms with van der Waals surface area (Å²) in [7, 11) is 1.67. The highest BCUT2D eigenvalue weighted by atomic mass is 19.1. The van der Waals surface area contributed by atoms with Crippen molar-refractivity contribution in [1.82, 2.24) is 39.1 Å². The number of imide groups is 1. The van der Waals surface area contributed by atoms with E-state index in [4.69, 9.17) is 5.10 Å². The predicted octanol–water partition coefficient (Wildman–Crippen LogP) is 5.15. The van der Waals surface area contributed by atoms with Crippen LogP contribution in [0.25, 0.3) is 21.9 Å². The Labute approximate surface area is 310 Å². The molecule has 9 rings (SSSR count). The molecule has 2 N–H and O–H groups in total. The molecule has 4 fully saturated rings. The van der Waals surface area contributed by atoms with Gasteiger partial charge < -0.3 is 10.2 Å². The summed E-state index contributed by atoms with van der Waals surface area (Å²) in [6, 6.07) is 10.8. The summed E-state index contributed by atoms with van der Waals surface area (Å²) in [5.41, 5.74) is 4.48. The maximum Gasteiger partial charge on any atom is 0.329 e. The van der Waals surface area contributed by atoms with Crippen LogP contribution in [0, 0.1) is 5.92 Å². The van der Waals surface area contributed by atoms with Gasteiger partial charge in [-0.05, 0) is 93.7 Å². The topological polar surface area (TPSA) is 149 Å². The highest BCUT2D eigenvalue weighted by Crippen LogP contribution is 2.39. The van der Waals surface area contributed by atoms with Crippen LogP contribution >= 0.6 is 0 Å². The number of para-hydroxylation sites is 1. The van der Waals surface area contributed by atoms with Crippen LogP contribution in [-0.4, -0.2) is 77.3 Å². The average Bonchev–Trinajstić information content (AvgIpc) is 3.89. The van der Waals surface area contributed by atoms with Crippen LogP contribution in [0.3, 0.4) is 0 Å². The number of nitrogens with one attached hydrogen (secondary N) is 2. The van der Waals surface area contributed by atoms with Crippen LogP contribution in [0.5, 0.6) is 0 Å². The minimum Gasteiger partial charge on any atom is -0.321 e. The number of halogens is 1. The van der Waals surface area contributed by atoms with Gasteiger partial charge in [-0.2, -0.15) is 5.10 Å². The minimum absolute atomic E-state index is 0.169. The summed E-state index contributed by atoms with van der Waals surface area (Å²) in [5.74, 6) is -0.551. The molecule has 2 aromatic carbocycles. The molecule has 3 aromatic heterocycles. The van der Waals surface area contributed by atoms with Gasteiger partial charge in [0.15, 0.2) is 0 Å². The minimum atomic E-state index is -1.10. The van der Waals surface area contributed by atoms with Crippen LogP contribution in [0.2, 0.25) is 0 Å². The molecule has 5 heterocycles. The first kappa shape index (κ1) is 34.5. The molecular formula is C40H44FN9O4. The van der Waals surface area contributed by atoms with Crippen LogP contribution in [0.4, 0.5) is 10.1 Å². The molecule has 14 heteroatoms. The maximum absolute atomic E-state index is 16.1. The van der Waals surface area contributed by atoms with Gasteiger partial charge in [-0.15, -0.1) is 0 Å². The summed E-state index contributed by atoms with van der Waals surface area (Å²) in [4.78, 5) is 61.8. The van der Waals surface area contributed by atoms with Crippen molar-refractivity contribution in [1.29, 1.82) is 0 Å². The smallest absolute Gasteiger partial charge is 0.321 e. The maximum atomic E-state index is 16.1. The fraction of sp³-hybridized carbons (Fsp3) is 0.475. The Morgan fingerprint density at radius 3 is 2.61 bits per heavy atom. The van der Waals surface area contributed by atoms with Gasteiger partial charge in [0.2, 0.25) is 11.8 Å². The Morgan fingerprint density at radius 2 is 1.83 bits per heavy atom. The lowest BCUT2D eigenvalue weighted by molar-refractivity contribution is -0.135. The first-order valence-electron chi connectivity index (χ1n) is 19.2. The zero-order valence-electron chi connectivity index (χ0n) is 30.3. The van der Waals surface area contributed by atoms with Crippen LogP contribution in [0.15, 0.2) is 59.8 Å². The van der Waals surface area contributed by atoms with E-state index in [-0.39, 0.29) is 42.3 Å². The molecule has 2 aliphatic heterocycles. The highest BCUT2D eigenvalue weighted by Gasteiger charge is 2.36. The van der Waals surface area contributed by atoms with Crippen LogP contribution < -0.4 is 16.3 Å². The lowest BCUT2D eigenvalue weighted by Crippen LogP contribution is -2.44. The van der Waals surface area contributed by atoms with E-state index >= 15 is 4.39 Å². The van der Waals surface area contributed by atoms with Crippen molar-refractivity contribution >= 4 is 45.3 Å². The summed E-state index contributed by atoms with van der Waals surface area (Å²) in [5, 5.41) is 11.2. The van der Waals surface area contributed by atoms with Crippen molar-refractivity contribution in [2.75, 3.05) is 25.0 Å². The third kappa shape index (κ3) is 6.50. The molecule has 0 bridgehead atoms. The molecule has 54 heavy (non-hydrogen) atoms. The molecule has 2 aliphatic carbocycles. The molecule has 4 aliphatic rings. The lowest BCUT2D eigenvalue weighted by atomic mass is 9.83. The number of nitrogens with zero attached hydrogens (tertiary/aromatic N) is 7.